The van der Waals surface area contributed by atoms with Crippen molar-refractivity contribution in [2.45, 2.75) is 18.6 Å². The van der Waals surface area contributed by atoms with E-state index in [1.54, 1.807) is 13.8 Å². The lowest BCUT2D eigenvalue weighted by Crippen LogP contribution is -2.29. The highest BCUT2D eigenvalue weighted by Crippen LogP contribution is 2.30. The largest absolute Gasteiger partial charge is 0.468 e. The Labute approximate surface area is 86.8 Å². The first-order valence-corrected chi connectivity index (χ1v) is 5.74. The summed E-state index contributed by atoms with van der Waals surface area (Å²) < 4.78 is 4.81. The highest BCUT2D eigenvalue weighted by molar-refractivity contribution is 8.47. The molecule has 2 nitrogen and oxygen atoms in total. The molecular weight excluding hydrogens is 212 g/mol. The standard InChI is InChI=1S/C7H12O2S3/c1-7(2,5(8)9-3)12-6(10)11-4/h1-4H3. The first-order chi connectivity index (χ1) is 5.44. The zero-order valence-corrected chi connectivity index (χ0v) is 9.99. The number of methoxy groups -OCH3 is 1. The van der Waals surface area contributed by atoms with E-state index >= 15 is 0 Å². The fourth-order valence-electron chi connectivity index (χ4n) is 0.537. The summed E-state index contributed by atoms with van der Waals surface area (Å²) in [4.78, 5) is 11.2. The Morgan fingerprint density at radius 3 is 2.33 bits per heavy atom. The van der Waals surface area contributed by atoms with Crippen LogP contribution in [0, 0.1) is 0 Å². The van der Waals surface area contributed by atoms with Gasteiger partial charge in [0.1, 0.15) is 8.28 Å². The van der Waals surface area contributed by atoms with Crippen molar-refractivity contribution >= 4 is 45.2 Å². The molecule has 0 aromatic rings. The monoisotopic (exact) mass is 224 g/mol. The van der Waals surface area contributed by atoms with Crippen LogP contribution in [0.25, 0.3) is 0 Å². The fraction of sp³-hybridized carbons (Fsp3) is 0.714. The molecule has 0 atom stereocenters. The Hall–Kier alpha value is 0.260. The van der Waals surface area contributed by atoms with Crippen LogP contribution < -0.4 is 0 Å². The number of hydrogen-bond acceptors (Lipinski definition) is 5. The van der Waals surface area contributed by atoms with Gasteiger partial charge in [0.2, 0.25) is 0 Å². The summed E-state index contributed by atoms with van der Waals surface area (Å²) in [6, 6.07) is 0. The van der Waals surface area contributed by atoms with Gasteiger partial charge >= 0.3 is 5.97 Å². The van der Waals surface area contributed by atoms with Crippen molar-refractivity contribution in [1.82, 2.24) is 0 Å². The molecule has 0 rings (SSSR count). The minimum Gasteiger partial charge on any atom is -0.468 e. The SMILES string of the molecule is COC(=O)C(C)(C)SC(=S)SC. The van der Waals surface area contributed by atoms with Gasteiger partial charge in [0.15, 0.2) is 0 Å². The maximum atomic E-state index is 11.2. The Morgan fingerprint density at radius 2 is 2.00 bits per heavy atom. The van der Waals surface area contributed by atoms with E-state index in [0.29, 0.717) is 0 Å². The maximum absolute atomic E-state index is 11.2. The molecule has 12 heavy (non-hydrogen) atoms. The van der Waals surface area contributed by atoms with E-state index in [9.17, 15) is 4.79 Å². The molecule has 0 aliphatic heterocycles. The van der Waals surface area contributed by atoms with E-state index < -0.39 is 4.75 Å². The molecule has 0 bridgehead atoms. The van der Waals surface area contributed by atoms with Gasteiger partial charge in [0.05, 0.1) is 7.11 Å². The van der Waals surface area contributed by atoms with Crippen LogP contribution in [0.15, 0.2) is 0 Å². The van der Waals surface area contributed by atoms with Gasteiger partial charge in [-0.1, -0.05) is 24.0 Å². The Bertz CT molecular complexity index is 189. The Morgan fingerprint density at radius 1 is 1.50 bits per heavy atom. The number of carbonyl (C=O) groups excluding carboxylic acids is 1. The van der Waals surface area contributed by atoms with E-state index in [-0.39, 0.29) is 5.97 Å². The minimum atomic E-state index is -0.575. The van der Waals surface area contributed by atoms with Gasteiger partial charge in [-0.3, -0.25) is 4.79 Å². The normalized spacial score (nSPS) is 11.0. The minimum absolute atomic E-state index is 0.246. The van der Waals surface area contributed by atoms with Crippen LogP contribution in [0.3, 0.4) is 0 Å². The third-order valence-electron chi connectivity index (χ3n) is 1.18. The second kappa shape index (κ2) is 5.09. The van der Waals surface area contributed by atoms with Gasteiger partial charge in [-0.2, -0.15) is 0 Å². The second-order valence-corrected chi connectivity index (χ2v) is 6.19. The number of thiocarbonyl (C=S) groups is 1. The molecule has 5 heteroatoms. The Balaban J connectivity index is 4.21. The summed E-state index contributed by atoms with van der Waals surface area (Å²) in [5.41, 5.74) is 0. The lowest BCUT2D eigenvalue weighted by atomic mass is 10.2. The molecule has 0 radical (unpaired) electrons. The van der Waals surface area contributed by atoms with Gasteiger partial charge in [-0.25, -0.2) is 0 Å². The third kappa shape index (κ3) is 3.78. The molecule has 0 fully saturated rings. The summed E-state index contributed by atoms with van der Waals surface area (Å²) in [5, 5.41) is 0. The highest BCUT2D eigenvalue weighted by Gasteiger charge is 2.30. The molecule has 0 aliphatic carbocycles. The van der Waals surface area contributed by atoms with Crippen LogP contribution in [-0.2, 0) is 9.53 Å². The van der Waals surface area contributed by atoms with E-state index in [1.807, 2.05) is 6.26 Å². The first-order valence-electron chi connectivity index (χ1n) is 3.29. The van der Waals surface area contributed by atoms with Gasteiger partial charge in [0.25, 0.3) is 0 Å². The number of ether oxygens (including phenoxy) is 1. The maximum Gasteiger partial charge on any atom is 0.321 e. The van der Waals surface area contributed by atoms with Crippen molar-refractivity contribution in [1.29, 1.82) is 0 Å². The van der Waals surface area contributed by atoms with Gasteiger partial charge in [-0.05, 0) is 20.1 Å². The summed E-state index contributed by atoms with van der Waals surface area (Å²) in [5.74, 6) is -0.246. The van der Waals surface area contributed by atoms with Crippen molar-refractivity contribution < 1.29 is 9.53 Å². The molecule has 0 heterocycles. The lowest BCUT2D eigenvalue weighted by molar-refractivity contribution is -0.142. The molecule has 0 spiro atoms. The molecule has 0 aromatic heterocycles. The number of thioether (sulfide) groups is 2. The Kier molecular flexibility index (Phi) is 5.20. The molecule has 0 aromatic carbocycles. The van der Waals surface area contributed by atoms with E-state index in [4.69, 9.17) is 12.2 Å². The molecule has 0 unspecified atom stereocenters. The molecule has 0 N–H and O–H groups in total. The fourth-order valence-corrected chi connectivity index (χ4v) is 2.70. The molecule has 0 saturated heterocycles. The van der Waals surface area contributed by atoms with Crippen LogP contribution in [0.2, 0.25) is 0 Å². The van der Waals surface area contributed by atoms with Crippen LogP contribution in [0.4, 0.5) is 0 Å². The number of rotatable bonds is 2. The van der Waals surface area contributed by atoms with Gasteiger partial charge in [0, 0.05) is 0 Å². The molecule has 0 saturated carbocycles. The predicted molar refractivity (Wildman–Crippen MR) is 59.8 cm³/mol. The highest BCUT2D eigenvalue weighted by atomic mass is 32.2. The lowest BCUT2D eigenvalue weighted by Gasteiger charge is -2.19. The molecular formula is C7H12O2S3. The van der Waals surface area contributed by atoms with Crippen LogP contribution in [-0.4, -0.2) is 27.6 Å². The second-order valence-electron chi connectivity index (χ2n) is 2.56. The van der Waals surface area contributed by atoms with Crippen molar-refractivity contribution in [2.24, 2.45) is 0 Å². The smallest absolute Gasteiger partial charge is 0.321 e. The number of carbonyl (C=O) groups is 1. The van der Waals surface area contributed by atoms with Gasteiger partial charge < -0.3 is 4.74 Å². The van der Waals surface area contributed by atoms with Crippen LogP contribution >= 0.6 is 35.7 Å². The molecule has 0 amide bonds. The van der Waals surface area contributed by atoms with Crippen LogP contribution in [0.5, 0.6) is 0 Å². The average Bonchev–Trinajstić information content (AvgIpc) is 2.02. The zero-order valence-electron chi connectivity index (χ0n) is 7.54. The zero-order chi connectivity index (χ0) is 9.78. The van der Waals surface area contributed by atoms with E-state index in [1.165, 1.54) is 30.6 Å². The molecule has 0 aliphatic rings. The van der Waals surface area contributed by atoms with Crippen LogP contribution in [0.1, 0.15) is 13.8 Å². The summed E-state index contributed by atoms with van der Waals surface area (Å²) >= 11 is 7.81. The number of esters is 1. The quantitative estimate of drug-likeness (QED) is 0.530. The average molecular weight is 224 g/mol. The molecule has 70 valence electrons. The number of hydrogen-bond donors (Lipinski definition) is 0. The van der Waals surface area contributed by atoms with Crippen molar-refractivity contribution in [2.75, 3.05) is 13.4 Å². The first kappa shape index (κ1) is 12.3. The van der Waals surface area contributed by atoms with E-state index in [0.717, 1.165) is 3.53 Å². The summed E-state index contributed by atoms with van der Waals surface area (Å²) in [6.45, 7) is 3.60. The summed E-state index contributed by atoms with van der Waals surface area (Å²) in [6.07, 6.45) is 1.89. The third-order valence-corrected chi connectivity index (χ3v) is 3.86. The summed E-state index contributed by atoms with van der Waals surface area (Å²) in [7, 11) is 1.38. The topological polar surface area (TPSA) is 26.3 Å². The predicted octanol–water partition coefficient (Wildman–Crippen LogP) is 2.32. The van der Waals surface area contributed by atoms with Crippen molar-refractivity contribution in [3.05, 3.63) is 0 Å². The van der Waals surface area contributed by atoms with E-state index in [2.05, 4.69) is 4.74 Å². The van der Waals surface area contributed by atoms with Crippen molar-refractivity contribution in [3.8, 4) is 0 Å². The van der Waals surface area contributed by atoms with Gasteiger partial charge in [-0.15, -0.1) is 11.8 Å². The van der Waals surface area contributed by atoms with Crippen molar-refractivity contribution in [3.63, 3.8) is 0 Å².